The number of carbonyl (C=O) groups excluding carboxylic acids is 1. The predicted molar refractivity (Wildman–Crippen MR) is 95.7 cm³/mol. The highest BCUT2D eigenvalue weighted by Gasteiger charge is 2.29. The van der Waals surface area contributed by atoms with Gasteiger partial charge in [-0.15, -0.1) is 0 Å². The van der Waals surface area contributed by atoms with Gasteiger partial charge in [0.1, 0.15) is 11.5 Å². The molecule has 132 valence electrons. The summed E-state index contributed by atoms with van der Waals surface area (Å²) < 4.78 is 5.85. The lowest BCUT2D eigenvalue weighted by molar-refractivity contribution is 0.0726. The van der Waals surface area contributed by atoms with Crippen LogP contribution in [-0.2, 0) is 13.0 Å². The van der Waals surface area contributed by atoms with Crippen LogP contribution in [0.3, 0.4) is 0 Å². The molecule has 1 amide bonds. The summed E-state index contributed by atoms with van der Waals surface area (Å²) in [6.45, 7) is 7.36. The summed E-state index contributed by atoms with van der Waals surface area (Å²) in [6.07, 6.45) is 1.84. The monoisotopic (exact) mass is 339 g/mol. The molecular weight excluding hydrogens is 314 g/mol. The van der Waals surface area contributed by atoms with Crippen molar-refractivity contribution in [2.75, 3.05) is 19.6 Å². The van der Waals surface area contributed by atoms with Gasteiger partial charge in [0.25, 0.3) is 5.91 Å². The zero-order chi connectivity index (χ0) is 17.4. The molecule has 1 N–H and O–H groups in total. The molecule has 4 rings (SSSR count). The molecule has 2 aliphatic rings. The van der Waals surface area contributed by atoms with Gasteiger partial charge in [-0.3, -0.25) is 4.79 Å². The second kappa shape index (κ2) is 6.64. The molecular formula is C20H25N3O2. The van der Waals surface area contributed by atoms with E-state index in [0.717, 1.165) is 48.8 Å². The van der Waals surface area contributed by atoms with Gasteiger partial charge in [0.2, 0.25) is 0 Å². The Hall–Kier alpha value is -2.14. The zero-order valence-electron chi connectivity index (χ0n) is 14.9. The minimum absolute atomic E-state index is 0.113. The van der Waals surface area contributed by atoms with Gasteiger partial charge in [0.05, 0.1) is 6.54 Å². The highest BCUT2D eigenvalue weighted by atomic mass is 16.4. The topological polar surface area (TPSA) is 58.4 Å². The third kappa shape index (κ3) is 3.09. The van der Waals surface area contributed by atoms with Crippen molar-refractivity contribution >= 4 is 5.91 Å². The van der Waals surface area contributed by atoms with E-state index in [4.69, 9.17) is 4.42 Å². The minimum atomic E-state index is 0.113. The second-order valence-electron chi connectivity index (χ2n) is 7.33. The Kier molecular flexibility index (Phi) is 4.34. The van der Waals surface area contributed by atoms with E-state index >= 15 is 0 Å². The smallest absolute Gasteiger partial charge is 0.254 e. The highest BCUT2D eigenvalue weighted by molar-refractivity contribution is 5.96. The van der Waals surface area contributed by atoms with Crippen molar-refractivity contribution < 1.29 is 9.21 Å². The van der Waals surface area contributed by atoms with Gasteiger partial charge in [-0.25, -0.2) is 4.98 Å². The molecule has 0 radical (unpaired) electrons. The van der Waals surface area contributed by atoms with Gasteiger partial charge in [-0.1, -0.05) is 32.0 Å². The van der Waals surface area contributed by atoms with Crippen molar-refractivity contribution in [3.63, 3.8) is 0 Å². The van der Waals surface area contributed by atoms with Gasteiger partial charge < -0.3 is 14.6 Å². The number of hydrogen-bond donors (Lipinski definition) is 1. The van der Waals surface area contributed by atoms with E-state index in [2.05, 4.69) is 30.2 Å². The van der Waals surface area contributed by atoms with Crippen LogP contribution in [0, 0.1) is 0 Å². The van der Waals surface area contributed by atoms with Crippen LogP contribution in [0.4, 0.5) is 0 Å². The minimum Gasteiger partial charge on any atom is -0.445 e. The third-order valence-corrected chi connectivity index (χ3v) is 5.22. The number of hydrogen-bond acceptors (Lipinski definition) is 4. The molecule has 5 nitrogen and oxygen atoms in total. The lowest BCUT2D eigenvalue weighted by Crippen LogP contribution is -2.36. The number of amides is 1. The van der Waals surface area contributed by atoms with Crippen molar-refractivity contribution in [1.82, 2.24) is 15.2 Å². The quantitative estimate of drug-likeness (QED) is 0.934. The highest BCUT2D eigenvalue weighted by Crippen LogP contribution is 2.29. The fraction of sp³-hybridized carbons (Fsp3) is 0.500. The number of fused-ring (bicyclic) bond motifs is 1. The van der Waals surface area contributed by atoms with Crippen molar-refractivity contribution in [3.05, 3.63) is 52.7 Å². The summed E-state index contributed by atoms with van der Waals surface area (Å²) in [6, 6.07) is 8.06. The fourth-order valence-electron chi connectivity index (χ4n) is 3.78. The summed E-state index contributed by atoms with van der Waals surface area (Å²) in [7, 11) is 0. The predicted octanol–water partition coefficient (Wildman–Crippen LogP) is 3.07. The first-order chi connectivity index (χ1) is 12.1. The average molecular weight is 339 g/mol. The van der Waals surface area contributed by atoms with Crippen LogP contribution in [0.15, 0.2) is 28.7 Å². The van der Waals surface area contributed by atoms with Gasteiger partial charge in [0, 0.05) is 31.0 Å². The Labute approximate surface area is 148 Å². The van der Waals surface area contributed by atoms with Crippen LogP contribution in [0.2, 0.25) is 0 Å². The first-order valence-corrected chi connectivity index (χ1v) is 9.21. The van der Waals surface area contributed by atoms with Gasteiger partial charge in [-0.2, -0.15) is 0 Å². The van der Waals surface area contributed by atoms with Crippen LogP contribution in [-0.4, -0.2) is 35.4 Å². The number of oxazole rings is 1. The molecule has 1 unspecified atom stereocenters. The van der Waals surface area contributed by atoms with Crippen LogP contribution < -0.4 is 5.32 Å². The summed E-state index contributed by atoms with van der Waals surface area (Å²) in [5.41, 5.74) is 2.93. The van der Waals surface area contributed by atoms with Gasteiger partial charge in [0.15, 0.2) is 5.89 Å². The number of benzene rings is 1. The van der Waals surface area contributed by atoms with E-state index in [-0.39, 0.29) is 11.8 Å². The maximum Gasteiger partial charge on any atom is 0.254 e. The molecule has 25 heavy (non-hydrogen) atoms. The van der Waals surface area contributed by atoms with Crippen molar-refractivity contribution in [2.24, 2.45) is 0 Å². The standard InChI is InChI=1S/C20H25N3O2/c1-13(2)19-22-17-12-23(10-8-18(17)25-19)20(24)16-6-4-3-5-15(16)14-7-9-21-11-14/h3-6,13-14,21H,7-12H2,1-2H3. The number of nitrogens with zero attached hydrogens (tertiary/aromatic N) is 2. The lowest BCUT2D eigenvalue weighted by atomic mass is 9.92. The maximum absolute atomic E-state index is 13.2. The normalized spacial score (nSPS) is 20.1. The SMILES string of the molecule is CC(C)c1nc2c(o1)CCN(C(=O)c1ccccc1C1CCNC1)C2. The van der Waals surface area contributed by atoms with Crippen LogP contribution >= 0.6 is 0 Å². The molecule has 1 saturated heterocycles. The molecule has 0 spiro atoms. The fourth-order valence-corrected chi connectivity index (χ4v) is 3.78. The zero-order valence-corrected chi connectivity index (χ0v) is 14.9. The Balaban J connectivity index is 1.58. The number of nitrogens with one attached hydrogen (secondary N) is 1. The van der Waals surface area contributed by atoms with Crippen molar-refractivity contribution in [2.45, 2.75) is 45.1 Å². The molecule has 5 heteroatoms. The average Bonchev–Trinajstić information content (AvgIpc) is 3.30. The third-order valence-electron chi connectivity index (χ3n) is 5.22. The van der Waals surface area contributed by atoms with Gasteiger partial charge in [-0.05, 0) is 30.5 Å². The molecule has 1 aromatic carbocycles. The molecule has 2 aliphatic heterocycles. The van der Waals surface area contributed by atoms with E-state index < -0.39 is 0 Å². The molecule has 1 atom stereocenters. The van der Waals surface area contributed by atoms with Crippen LogP contribution in [0.25, 0.3) is 0 Å². The lowest BCUT2D eigenvalue weighted by Gasteiger charge is -2.27. The van der Waals surface area contributed by atoms with E-state index in [1.165, 1.54) is 5.56 Å². The molecule has 1 fully saturated rings. The van der Waals surface area contributed by atoms with E-state index in [1.807, 2.05) is 23.1 Å². The number of carbonyl (C=O) groups is 1. The molecule has 2 aromatic rings. The Morgan fingerprint density at radius 1 is 1.36 bits per heavy atom. The van der Waals surface area contributed by atoms with Crippen molar-refractivity contribution in [1.29, 1.82) is 0 Å². The number of aromatic nitrogens is 1. The summed E-state index contributed by atoms with van der Waals surface area (Å²) in [5, 5.41) is 3.40. The second-order valence-corrected chi connectivity index (χ2v) is 7.33. The Bertz CT molecular complexity index is 775. The van der Waals surface area contributed by atoms with E-state index in [9.17, 15) is 4.79 Å². The van der Waals surface area contributed by atoms with Crippen LogP contribution in [0.1, 0.15) is 65.4 Å². The van der Waals surface area contributed by atoms with Crippen LogP contribution in [0.5, 0.6) is 0 Å². The Morgan fingerprint density at radius 2 is 2.20 bits per heavy atom. The largest absolute Gasteiger partial charge is 0.445 e. The first-order valence-electron chi connectivity index (χ1n) is 9.21. The van der Waals surface area contributed by atoms with E-state index in [1.54, 1.807) is 0 Å². The van der Waals surface area contributed by atoms with Gasteiger partial charge >= 0.3 is 0 Å². The molecule has 0 saturated carbocycles. The summed E-state index contributed by atoms with van der Waals surface area (Å²) in [4.78, 5) is 19.7. The number of rotatable bonds is 3. The molecule has 0 aliphatic carbocycles. The molecule has 0 bridgehead atoms. The molecule has 1 aromatic heterocycles. The van der Waals surface area contributed by atoms with Crippen molar-refractivity contribution in [3.8, 4) is 0 Å². The first kappa shape index (κ1) is 16.3. The summed E-state index contributed by atoms with van der Waals surface area (Å²) in [5.74, 6) is 2.53. The maximum atomic E-state index is 13.2. The Morgan fingerprint density at radius 3 is 2.96 bits per heavy atom. The van der Waals surface area contributed by atoms with E-state index in [0.29, 0.717) is 19.0 Å². The molecule has 3 heterocycles. The summed E-state index contributed by atoms with van der Waals surface area (Å²) >= 11 is 0.